The third kappa shape index (κ3) is 7.67. The molecule has 5 nitrogen and oxygen atoms in total. The van der Waals surface area contributed by atoms with Gasteiger partial charge >= 0.3 is 0 Å². The molecule has 0 fully saturated rings. The van der Waals surface area contributed by atoms with E-state index in [2.05, 4.69) is 5.32 Å². The van der Waals surface area contributed by atoms with Crippen molar-refractivity contribution in [2.75, 3.05) is 26.8 Å². The van der Waals surface area contributed by atoms with Crippen LogP contribution in [0.5, 0.6) is 11.5 Å². The summed E-state index contributed by atoms with van der Waals surface area (Å²) in [7, 11) is 1.55. The monoisotopic (exact) mass is 324 g/mol. The van der Waals surface area contributed by atoms with E-state index in [1.807, 2.05) is 0 Å². The Bertz CT molecular complexity index is 430. The van der Waals surface area contributed by atoms with Gasteiger partial charge in [-0.1, -0.05) is 0 Å². The number of benzene rings is 1. The summed E-state index contributed by atoms with van der Waals surface area (Å²) in [5.74, 6) is -2.32. The zero-order valence-electron chi connectivity index (χ0n) is 11.6. The van der Waals surface area contributed by atoms with Gasteiger partial charge in [0.1, 0.15) is 11.5 Å². The SMILES string of the molecule is COc1ccc(OCCC(=O)NCC(F)(F)CN)cc1.Cl. The van der Waals surface area contributed by atoms with Gasteiger partial charge in [0, 0.05) is 0 Å². The molecule has 0 spiro atoms. The van der Waals surface area contributed by atoms with Crippen LogP contribution in [0.1, 0.15) is 6.42 Å². The number of carbonyl (C=O) groups excluding carboxylic acids is 1. The Kier molecular flexibility index (Phi) is 8.64. The highest BCUT2D eigenvalue weighted by molar-refractivity contribution is 5.85. The lowest BCUT2D eigenvalue weighted by atomic mass is 10.3. The molecule has 1 aromatic carbocycles. The average Bonchev–Trinajstić information content (AvgIpc) is 2.46. The van der Waals surface area contributed by atoms with Gasteiger partial charge < -0.3 is 20.5 Å². The van der Waals surface area contributed by atoms with Gasteiger partial charge in [-0.25, -0.2) is 8.78 Å². The maximum atomic E-state index is 12.8. The van der Waals surface area contributed by atoms with Gasteiger partial charge in [-0.15, -0.1) is 12.4 Å². The molecular weight excluding hydrogens is 306 g/mol. The Morgan fingerprint density at radius 3 is 2.38 bits per heavy atom. The van der Waals surface area contributed by atoms with Crippen molar-refractivity contribution < 1.29 is 23.0 Å². The summed E-state index contributed by atoms with van der Waals surface area (Å²) < 4.78 is 35.9. The smallest absolute Gasteiger partial charge is 0.277 e. The maximum absolute atomic E-state index is 12.8. The van der Waals surface area contributed by atoms with E-state index in [4.69, 9.17) is 15.2 Å². The predicted octanol–water partition coefficient (Wildman–Crippen LogP) is 1.60. The zero-order chi connectivity index (χ0) is 15.0. The molecule has 0 aliphatic rings. The minimum Gasteiger partial charge on any atom is -0.497 e. The second kappa shape index (κ2) is 9.36. The first-order chi connectivity index (χ1) is 9.46. The number of hydrogen-bond acceptors (Lipinski definition) is 4. The number of nitrogens with two attached hydrogens (primary N) is 1. The summed E-state index contributed by atoms with van der Waals surface area (Å²) >= 11 is 0. The largest absolute Gasteiger partial charge is 0.497 e. The highest BCUT2D eigenvalue weighted by Crippen LogP contribution is 2.17. The van der Waals surface area contributed by atoms with Crippen molar-refractivity contribution in [3.63, 3.8) is 0 Å². The van der Waals surface area contributed by atoms with Crippen molar-refractivity contribution in [3.05, 3.63) is 24.3 Å². The number of carbonyl (C=O) groups is 1. The summed E-state index contributed by atoms with van der Waals surface area (Å²) in [4.78, 5) is 11.3. The Morgan fingerprint density at radius 2 is 1.86 bits per heavy atom. The molecule has 0 aliphatic heterocycles. The molecule has 0 saturated heterocycles. The van der Waals surface area contributed by atoms with E-state index >= 15 is 0 Å². The summed E-state index contributed by atoms with van der Waals surface area (Å²) in [5, 5.41) is 2.11. The predicted molar refractivity (Wildman–Crippen MR) is 77.4 cm³/mol. The van der Waals surface area contributed by atoms with Crippen LogP contribution in [0.15, 0.2) is 24.3 Å². The number of ether oxygens (including phenoxy) is 2. The quantitative estimate of drug-likeness (QED) is 0.761. The topological polar surface area (TPSA) is 73.6 Å². The van der Waals surface area contributed by atoms with Crippen LogP contribution < -0.4 is 20.5 Å². The number of amides is 1. The van der Waals surface area contributed by atoms with Crippen LogP contribution in [0.25, 0.3) is 0 Å². The molecule has 21 heavy (non-hydrogen) atoms. The van der Waals surface area contributed by atoms with E-state index in [0.29, 0.717) is 11.5 Å². The molecule has 120 valence electrons. The van der Waals surface area contributed by atoms with Gasteiger partial charge in [0.05, 0.1) is 33.2 Å². The van der Waals surface area contributed by atoms with Gasteiger partial charge in [-0.05, 0) is 24.3 Å². The molecule has 1 amide bonds. The van der Waals surface area contributed by atoms with Crippen LogP contribution in [-0.4, -0.2) is 38.6 Å². The van der Waals surface area contributed by atoms with Crippen LogP contribution in [0.2, 0.25) is 0 Å². The fourth-order valence-corrected chi connectivity index (χ4v) is 1.32. The van der Waals surface area contributed by atoms with Gasteiger partial charge in [0.25, 0.3) is 5.92 Å². The summed E-state index contributed by atoms with van der Waals surface area (Å²) in [5.41, 5.74) is 4.86. The first-order valence-electron chi connectivity index (χ1n) is 6.08. The van der Waals surface area contributed by atoms with E-state index in [0.717, 1.165) is 0 Å². The molecule has 1 rings (SSSR count). The van der Waals surface area contributed by atoms with Crippen molar-refractivity contribution in [1.29, 1.82) is 0 Å². The molecule has 1 aromatic rings. The molecule has 0 heterocycles. The van der Waals surface area contributed by atoms with Crippen molar-refractivity contribution in [2.24, 2.45) is 5.73 Å². The first kappa shape index (κ1) is 19.4. The molecule has 8 heteroatoms. The van der Waals surface area contributed by atoms with Crippen LogP contribution in [0, 0.1) is 0 Å². The molecule has 0 aromatic heterocycles. The third-order valence-corrected chi connectivity index (χ3v) is 2.50. The van der Waals surface area contributed by atoms with E-state index in [1.54, 1.807) is 31.4 Å². The number of hydrogen-bond donors (Lipinski definition) is 2. The number of rotatable bonds is 8. The molecule has 0 atom stereocenters. The Morgan fingerprint density at radius 1 is 1.29 bits per heavy atom. The molecule has 0 bridgehead atoms. The van der Waals surface area contributed by atoms with Crippen LogP contribution in [-0.2, 0) is 4.79 Å². The second-order valence-electron chi connectivity index (χ2n) is 4.11. The van der Waals surface area contributed by atoms with Crippen molar-refractivity contribution in [3.8, 4) is 11.5 Å². The highest BCUT2D eigenvalue weighted by Gasteiger charge is 2.26. The lowest BCUT2D eigenvalue weighted by Gasteiger charge is -2.14. The lowest BCUT2D eigenvalue weighted by molar-refractivity contribution is -0.123. The second-order valence-corrected chi connectivity index (χ2v) is 4.11. The Labute approximate surface area is 128 Å². The van der Waals surface area contributed by atoms with Gasteiger partial charge in [0.2, 0.25) is 5.91 Å². The fourth-order valence-electron chi connectivity index (χ4n) is 1.32. The normalized spacial score (nSPS) is 10.5. The summed E-state index contributed by atoms with van der Waals surface area (Å²) in [6.45, 7) is -1.45. The lowest BCUT2D eigenvalue weighted by Crippen LogP contribution is -2.41. The van der Waals surface area contributed by atoms with Crippen LogP contribution in [0.4, 0.5) is 8.78 Å². The van der Waals surface area contributed by atoms with E-state index in [-0.39, 0.29) is 25.4 Å². The first-order valence-corrected chi connectivity index (χ1v) is 6.08. The van der Waals surface area contributed by atoms with E-state index < -0.39 is 24.9 Å². The Hall–Kier alpha value is -1.60. The number of nitrogens with one attached hydrogen (secondary N) is 1. The average molecular weight is 325 g/mol. The van der Waals surface area contributed by atoms with Crippen LogP contribution in [0.3, 0.4) is 0 Å². The Balaban J connectivity index is 0.00000400. The maximum Gasteiger partial charge on any atom is 0.277 e. The third-order valence-electron chi connectivity index (χ3n) is 2.50. The van der Waals surface area contributed by atoms with E-state index in [1.165, 1.54) is 0 Å². The van der Waals surface area contributed by atoms with E-state index in [9.17, 15) is 13.6 Å². The summed E-state index contributed by atoms with van der Waals surface area (Å²) in [6, 6.07) is 6.83. The standard InChI is InChI=1S/C13H18F2N2O3.ClH/c1-19-10-2-4-11(5-3-10)20-7-6-12(18)17-9-13(14,15)8-16;/h2-5H,6-9,16H2,1H3,(H,17,18);1H. The molecule has 0 saturated carbocycles. The van der Waals surface area contributed by atoms with Crippen molar-refractivity contribution in [1.82, 2.24) is 5.32 Å². The minimum absolute atomic E-state index is 0. The number of methoxy groups -OCH3 is 1. The van der Waals surface area contributed by atoms with Gasteiger partial charge in [-0.3, -0.25) is 4.79 Å². The minimum atomic E-state index is -3.08. The number of alkyl halides is 2. The molecule has 0 aliphatic carbocycles. The van der Waals surface area contributed by atoms with Crippen molar-refractivity contribution in [2.45, 2.75) is 12.3 Å². The molecule has 3 N–H and O–H groups in total. The van der Waals surface area contributed by atoms with Gasteiger partial charge in [0.15, 0.2) is 0 Å². The summed E-state index contributed by atoms with van der Waals surface area (Å²) in [6.07, 6.45) is -0.00726. The number of halogens is 3. The van der Waals surface area contributed by atoms with Crippen LogP contribution >= 0.6 is 12.4 Å². The molecule has 0 unspecified atom stereocenters. The molecule has 0 radical (unpaired) electrons. The van der Waals surface area contributed by atoms with Crippen molar-refractivity contribution >= 4 is 18.3 Å². The fraction of sp³-hybridized carbons (Fsp3) is 0.462. The zero-order valence-corrected chi connectivity index (χ0v) is 12.4. The highest BCUT2D eigenvalue weighted by atomic mass is 35.5. The van der Waals surface area contributed by atoms with Gasteiger partial charge in [-0.2, -0.15) is 0 Å². The molecular formula is C13H19ClF2N2O3.